The lowest BCUT2D eigenvalue weighted by molar-refractivity contribution is 0.0170. The van der Waals surface area contributed by atoms with Crippen molar-refractivity contribution in [3.63, 3.8) is 0 Å². The molecule has 1 unspecified atom stereocenters. The Morgan fingerprint density at radius 2 is 2.16 bits per heavy atom. The van der Waals surface area contributed by atoms with Gasteiger partial charge in [-0.05, 0) is 65.0 Å². The monoisotopic (exact) mass is 550 g/mol. The summed E-state index contributed by atoms with van der Waals surface area (Å²) in [6, 6.07) is 3.77. The number of carbonyl (C=O) groups excluding carboxylic acids is 1. The first-order valence-electron chi connectivity index (χ1n) is 11.0. The molecule has 178 valence electrons. The molecule has 1 aliphatic heterocycles. The SMILES string of the molecule is CCNC(=NCC1CCCN(C(=O)OC(C)(C)C)C1)NCCCOCc1ccco1.I. The molecule has 1 fully saturated rings. The first kappa shape index (κ1) is 27.5. The number of rotatable bonds is 9. The maximum Gasteiger partial charge on any atom is 0.410 e. The summed E-state index contributed by atoms with van der Waals surface area (Å²) in [7, 11) is 0. The van der Waals surface area contributed by atoms with Crippen LogP contribution in [0.3, 0.4) is 0 Å². The molecule has 1 aromatic rings. The number of hydrogen-bond acceptors (Lipinski definition) is 5. The number of amides is 1. The van der Waals surface area contributed by atoms with Gasteiger partial charge in [0.2, 0.25) is 0 Å². The van der Waals surface area contributed by atoms with Crippen LogP contribution in [0.4, 0.5) is 4.79 Å². The van der Waals surface area contributed by atoms with Crippen molar-refractivity contribution < 1.29 is 18.7 Å². The average Bonchev–Trinajstić information content (AvgIpc) is 3.21. The standard InChI is InChI=1S/C22H38N4O4.HI/c1-5-23-20(24-11-8-13-28-17-19-10-7-14-29-19)25-15-18-9-6-12-26(16-18)21(27)30-22(2,3)4;/h7,10,14,18H,5-6,8-9,11-13,15-17H2,1-4H3,(H2,23,24,25);1H. The Morgan fingerprint density at radius 3 is 2.84 bits per heavy atom. The van der Waals surface area contributed by atoms with Gasteiger partial charge in [-0.2, -0.15) is 0 Å². The number of nitrogens with one attached hydrogen (secondary N) is 2. The molecule has 1 aliphatic rings. The molecule has 0 radical (unpaired) electrons. The highest BCUT2D eigenvalue weighted by Gasteiger charge is 2.27. The number of nitrogens with zero attached hydrogens (tertiary/aromatic N) is 2. The van der Waals surface area contributed by atoms with Crippen molar-refractivity contribution in [2.24, 2.45) is 10.9 Å². The van der Waals surface area contributed by atoms with E-state index in [9.17, 15) is 4.79 Å². The molecule has 8 nitrogen and oxygen atoms in total. The molecule has 2 rings (SSSR count). The van der Waals surface area contributed by atoms with Gasteiger partial charge in [-0.1, -0.05) is 0 Å². The number of aliphatic imine (C=N–C) groups is 1. The van der Waals surface area contributed by atoms with E-state index in [0.717, 1.165) is 50.6 Å². The van der Waals surface area contributed by atoms with Crippen molar-refractivity contribution >= 4 is 36.0 Å². The van der Waals surface area contributed by atoms with Gasteiger partial charge >= 0.3 is 6.09 Å². The minimum absolute atomic E-state index is 0. The van der Waals surface area contributed by atoms with Crippen molar-refractivity contribution in [1.29, 1.82) is 0 Å². The normalized spacial score (nSPS) is 17.1. The van der Waals surface area contributed by atoms with Crippen LogP contribution in [0.2, 0.25) is 0 Å². The Labute approximate surface area is 203 Å². The van der Waals surface area contributed by atoms with Crippen LogP contribution >= 0.6 is 24.0 Å². The van der Waals surface area contributed by atoms with Crippen molar-refractivity contribution in [3.8, 4) is 0 Å². The van der Waals surface area contributed by atoms with Gasteiger partial charge in [-0.15, -0.1) is 24.0 Å². The lowest BCUT2D eigenvalue weighted by atomic mass is 9.98. The maximum absolute atomic E-state index is 12.3. The van der Waals surface area contributed by atoms with E-state index in [4.69, 9.17) is 18.9 Å². The third-order valence-electron chi connectivity index (χ3n) is 4.60. The molecule has 2 N–H and O–H groups in total. The molecule has 0 saturated carbocycles. The zero-order valence-corrected chi connectivity index (χ0v) is 21.6. The maximum atomic E-state index is 12.3. The predicted octanol–water partition coefficient (Wildman–Crippen LogP) is 4.01. The van der Waals surface area contributed by atoms with Crippen LogP contribution < -0.4 is 10.6 Å². The second-order valence-corrected chi connectivity index (χ2v) is 8.57. The first-order valence-corrected chi connectivity index (χ1v) is 11.0. The molecule has 1 saturated heterocycles. The van der Waals surface area contributed by atoms with Gasteiger partial charge in [0.25, 0.3) is 0 Å². The summed E-state index contributed by atoms with van der Waals surface area (Å²) in [6.07, 6.45) is 4.36. The number of piperidine rings is 1. The van der Waals surface area contributed by atoms with Crippen molar-refractivity contribution in [3.05, 3.63) is 24.2 Å². The van der Waals surface area contributed by atoms with E-state index in [1.165, 1.54) is 0 Å². The number of carbonyl (C=O) groups is 1. The molecule has 0 spiro atoms. The summed E-state index contributed by atoms with van der Waals surface area (Å²) < 4.78 is 16.4. The summed E-state index contributed by atoms with van der Waals surface area (Å²) in [4.78, 5) is 18.9. The molecule has 31 heavy (non-hydrogen) atoms. The highest BCUT2D eigenvalue weighted by atomic mass is 127. The Balaban J connectivity index is 0.00000480. The molecule has 0 bridgehead atoms. The largest absolute Gasteiger partial charge is 0.467 e. The minimum Gasteiger partial charge on any atom is -0.467 e. The summed E-state index contributed by atoms with van der Waals surface area (Å²) >= 11 is 0. The van der Waals surface area contributed by atoms with Crippen LogP contribution in [-0.4, -0.2) is 61.9 Å². The highest BCUT2D eigenvalue weighted by Crippen LogP contribution is 2.19. The van der Waals surface area contributed by atoms with Crippen molar-refractivity contribution in [2.75, 3.05) is 39.3 Å². The first-order chi connectivity index (χ1) is 14.4. The van der Waals surface area contributed by atoms with Gasteiger partial charge in [-0.3, -0.25) is 4.99 Å². The van der Waals surface area contributed by atoms with E-state index in [-0.39, 0.29) is 30.1 Å². The molecule has 1 amide bonds. The van der Waals surface area contributed by atoms with Gasteiger partial charge in [0, 0.05) is 39.3 Å². The Morgan fingerprint density at radius 1 is 1.35 bits per heavy atom. The van der Waals surface area contributed by atoms with Crippen LogP contribution in [0.1, 0.15) is 52.7 Å². The van der Waals surface area contributed by atoms with E-state index in [0.29, 0.717) is 32.2 Å². The summed E-state index contributed by atoms with van der Waals surface area (Å²) in [5, 5.41) is 6.63. The number of halogens is 1. The smallest absolute Gasteiger partial charge is 0.410 e. The lowest BCUT2D eigenvalue weighted by Crippen LogP contribution is -2.44. The van der Waals surface area contributed by atoms with Crippen LogP contribution in [0, 0.1) is 5.92 Å². The Bertz CT molecular complexity index is 646. The number of guanidine groups is 1. The van der Waals surface area contributed by atoms with Gasteiger partial charge < -0.3 is 29.4 Å². The van der Waals surface area contributed by atoms with Crippen LogP contribution in [-0.2, 0) is 16.1 Å². The fourth-order valence-corrected chi connectivity index (χ4v) is 3.22. The van der Waals surface area contributed by atoms with E-state index in [2.05, 4.69) is 17.6 Å². The third kappa shape index (κ3) is 11.6. The van der Waals surface area contributed by atoms with Gasteiger partial charge in [0.1, 0.15) is 18.0 Å². The third-order valence-corrected chi connectivity index (χ3v) is 4.60. The van der Waals surface area contributed by atoms with E-state index < -0.39 is 5.60 Å². The second-order valence-electron chi connectivity index (χ2n) is 8.57. The predicted molar refractivity (Wildman–Crippen MR) is 133 cm³/mol. The quantitative estimate of drug-likeness (QED) is 0.209. The van der Waals surface area contributed by atoms with Crippen molar-refractivity contribution in [2.45, 2.75) is 59.2 Å². The molecule has 0 aromatic carbocycles. The van der Waals surface area contributed by atoms with Crippen molar-refractivity contribution in [1.82, 2.24) is 15.5 Å². The number of likely N-dealkylation sites (tertiary alicyclic amines) is 1. The van der Waals surface area contributed by atoms with Gasteiger partial charge in [-0.25, -0.2) is 4.79 Å². The summed E-state index contributed by atoms with van der Waals surface area (Å²) in [5.41, 5.74) is -0.466. The molecule has 1 aromatic heterocycles. The van der Waals surface area contributed by atoms with Crippen LogP contribution in [0.15, 0.2) is 27.8 Å². The Kier molecular flexibility index (Phi) is 12.9. The fraction of sp³-hybridized carbons (Fsp3) is 0.727. The topological polar surface area (TPSA) is 88.3 Å². The average molecular weight is 550 g/mol. The zero-order valence-electron chi connectivity index (χ0n) is 19.3. The summed E-state index contributed by atoms with van der Waals surface area (Å²) in [5.74, 6) is 1.99. The molecule has 9 heteroatoms. The Hall–Kier alpha value is -1.49. The second kappa shape index (κ2) is 14.5. The molecular formula is C22H39IN4O4. The lowest BCUT2D eigenvalue weighted by Gasteiger charge is -2.33. The van der Waals surface area contributed by atoms with Gasteiger partial charge in [0.05, 0.1) is 6.26 Å². The zero-order chi connectivity index (χ0) is 21.8. The van der Waals surface area contributed by atoms with E-state index in [1.54, 1.807) is 6.26 Å². The number of hydrogen-bond donors (Lipinski definition) is 2. The van der Waals surface area contributed by atoms with Gasteiger partial charge in [0.15, 0.2) is 5.96 Å². The fourth-order valence-electron chi connectivity index (χ4n) is 3.22. The van der Waals surface area contributed by atoms with Crippen LogP contribution in [0.25, 0.3) is 0 Å². The van der Waals surface area contributed by atoms with Crippen LogP contribution in [0.5, 0.6) is 0 Å². The highest BCUT2D eigenvalue weighted by molar-refractivity contribution is 14.0. The molecule has 2 heterocycles. The molecule has 1 atom stereocenters. The molecular weight excluding hydrogens is 511 g/mol. The van der Waals surface area contributed by atoms with E-state index in [1.807, 2.05) is 37.8 Å². The number of furan rings is 1. The summed E-state index contributed by atoms with van der Waals surface area (Å²) in [6.45, 7) is 12.6. The molecule has 0 aliphatic carbocycles. The number of ether oxygens (including phenoxy) is 2. The van der Waals surface area contributed by atoms with E-state index >= 15 is 0 Å². The minimum atomic E-state index is -0.466.